The Labute approximate surface area is 127 Å². The van der Waals surface area contributed by atoms with E-state index in [9.17, 15) is 18.0 Å². The first-order valence-electron chi connectivity index (χ1n) is 7.04. The highest BCUT2D eigenvalue weighted by molar-refractivity contribution is 5.97. The van der Waals surface area contributed by atoms with Crippen molar-refractivity contribution in [2.24, 2.45) is 0 Å². The van der Waals surface area contributed by atoms with Crippen molar-refractivity contribution in [2.45, 2.75) is 32.9 Å². The van der Waals surface area contributed by atoms with E-state index in [-0.39, 0.29) is 12.0 Å². The predicted molar refractivity (Wildman–Crippen MR) is 80.0 cm³/mol. The number of alkyl halides is 3. The average molecular weight is 306 g/mol. The highest BCUT2D eigenvalue weighted by atomic mass is 19.4. The van der Waals surface area contributed by atoms with E-state index < -0.39 is 17.5 Å². The van der Waals surface area contributed by atoms with E-state index in [0.717, 1.165) is 22.8 Å². The summed E-state index contributed by atoms with van der Waals surface area (Å²) >= 11 is 0. The number of ketones is 1. The quantitative estimate of drug-likeness (QED) is 0.715. The number of halogens is 3. The minimum absolute atomic E-state index is 0.0651. The number of rotatable bonds is 4. The average Bonchev–Trinajstić information content (AvgIpc) is 2.47. The summed E-state index contributed by atoms with van der Waals surface area (Å²) in [6.45, 7) is 3.96. The zero-order chi connectivity index (χ0) is 16.3. The summed E-state index contributed by atoms with van der Waals surface area (Å²) in [7, 11) is 0. The molecule has 0 heterocycles. The third-order valence-electron chi connectivity index (χ3n) is 3.74. The molecule has 2 aromatic rings. The van der Waals surface area contributed by atoms with Crippen LogP contribution in [0.3, 0.4) is 0 Å². The number of hydrogen-bond donors (Lipinski definition) is 0. The molecule has 0 atom stereocenters. The van der Waals surface area contributed by atoms with Crippen LogP contribution in [0.1, 0.15) is 39.0 Å². The minimum atomic E-state index is -4.51. The number of carbonyl (C=O) groups is 1. The molecular weight excluding hydrogens is 289 g/mol. The Hall–Kier alpha value is -2.10. The van der Waals surface area contributed by atoms with Gasteiger partial charge in [0, 0.05) is 12.0 Å². The molecule has 0 aliphatic carbocycles. The molecule has 0 fully saturated rings. The van der Waals surface area contributed by atoms with Crippen molar-refractivity contribution in [1.29, 1.82) is 0 Å². The van der Waals surface area contributed by atoms with E-state index in [1.165, 1.54) is 18.2 Å². The van der Waals surface area contributed by atoms with E-state index in [2.05, 4.69) is 0 Å². The maximum atomic E-state index is 12.9. The van der Waals surface area contributed by atoms with Crippen LogP contribution in [-0.2, 0) is 12.6 Å². The van der Waals surface area contributed by atoms with Crippen LogP contribution in [0.5, 0.6) is 0 Å². The molecule has 0 saturated heterocycles. The number of Topliss-reactive ketones (excluding diaryl/α,β-unsaturated/α-hetero) is 1. The van der Waals surface area contributed by atoms with Gasteiger partial charge < -0.3 is 0 Å². The first-order valence-corrected chi connectivity index (χ1v) is 7.04. The molecule has 0 aliphatic heterocycles. The SMILES string of the molecule is Cc1ccc(CCC(=O)c2ccccc2C(F)(F)F)cc1C. The van der Waals surface area contributed by atoms with Gasteiger partial charge in [-0.05, 0) is 43.0 Å². The first-order chi connectivity index (χ1) is 10.3. The predicted octanol–water partition coefficient (Wildman–Crippen LogP) is 5.14. The monoisotopic (exact) mass is 306 g/mol. The zero-order valence-corrected chi connectivity index (χ0v) is 12.5. The van der Waals surface area contributed by atoms with E-state index in [0.29, 0.717) is 6.42 Å². The smallest absolute Gasteiger partial charge is 0.294 e. The summed E-state index contributed by atoms with van der Waals surface area (Å²) in [6, 6.07) is 10.8. The molecule has 2 rings (SSSR count). The van der Waals surface area contributed by atoms with Crippen LogP contribution in [0.25, 0.3) is 0 Å². The normalized spacial score (nSPS) is 11.5. The lowest BCUT2D eigenvalue weighted by molar-refractivity contribution is -0.137. The molecule has 22 heavy (non-hydrogen) atoms. The second kappa shape index (κ2) is 6.34. The Morgan fingerprint density at radius 2 is 1.68 bits per heavy atom. The minimum Gasteiger partial charge on any atom is -0.294 e. The van der Waals surface area contributed by atoms with Crippen LogP contribution in [0.4, 0.5) is 13.2 Å². The molecule has 0 radical (unpaired) electrons. The number of aryl methyl sites for hydroxylation is 3. The third-order valence-corrected chi connectivity index (χ3v) is 3.74. The van der Waals surface area contributed by atoms with Crippen LogP contribution < -0.4 is 0 Å². The number of benzene rings is 2. The number of hydrogen-bond acceptors (Lipinski definition) is 1. The van der Waals surface area contributed by atoms with Crippen molar-refractivity contribution in [3.63, 3.8) is 0 Å². The molecule has 0 aromatic heterocycles. The number of carbonyl (C=O) groups excluding carboxylic acids is 1. The fourth-order valence-electron chi connectivity index (χ4n) is 2.33. The molecule has 0 aliphatic rings. The van der Waals surface area contributed by atoms with E-state index in [1.807, 2.05) is 32.0 Å². The standard InChI is InChI=1S/C18H17F3O/c1-12-7-8-14(11-13(12)2)9-10-17(22)15-5-3-4-6-16(15)18(19,20)21/h3-8,11H,9-10H2,1-2H3. The summed E-state index contributed by atoms with van der Waals surface area (Å²) in [5.41, 5.74) is 2.11. The summed E-state index contributed by atoms with van der Waals surface area (Å²) in [6.07, 6.45) is -4.01. The van der Waals surface area contributed by atoms with Crippen molar-refractivity contribution in [3.8, 4) is 0 Å². The van der Waals surface area contributed by atoms with Gasteiger partial charge in [0.2, 0.25) is 0 Å². The van der Waals surface area contributed by atoms with Crippen LogP contribution >= 0.6 is 0 Å². The van der Waals surface area contributed by atoms with Gasteiger partial charge in [-0.15, -0.1) is 0 Å². The Morgan fingerprint density at radius 1 is 1.00 bits per heavy atom. The van der Waals surface area contributed by atoms with Crippen LogP contribution in [0.15, 0.2) is 42.5 Å². The Morgan fingerprint density at radius 3 is 2.32 bits per heavy atom. The van der Waals surface area contributed by atoms with Gasteiger partial charge in [0.15, 0.2) is 5.78 Å². The molecule has 0 saturated carbocycles. The maximum absolute atomic E-state index is 12.9. The van der Waals surface area contributed by atoms with Crippen LogP contribution in [-0.4, -0.2) is 5.78 Å². The molecule has 1 nitrogen and oxygen atoms in total. The zero-order valence-electron chi connectivity index (χ0n) is 12.5. The fourth-order valence-corrected chi connectivity index (χ4v) is 2.33. The lowest BCUT2D eigenvalue weighted by Crippen LogP contribution is -2.13. The van der Waals surface area contributed by atoms with E-state index in [1.54, 1.807) is 0 Å². The largest absolute Gasteiger partial charge is 0.417 e. The van der Waals surface area contributed by atoms with Gasteiger partial charge in [0.1, 0.15) is 0 Å². The van der Waals surface area contributed by atoms with Gasteiger partial charge >= 0.3 is 6.18 Å². The van der Waals surface area contributed by atoms with E-state index in [4.69, 9.17) is 0 Å². The molecule has 2 aromatic carbocycles. The molecule has 4 heteroatoms. The van der Waals surface area contributed by atoms with Gasteiger partial charge in [-0.1, -0.05) is 36.4 Å². The molecular formula is C18H17F3O. The second-order valence-electron chi connectivity index (χ2n) is 5.39. The third kappa shape index (κ3) is 3.75. The second-order valence-corrected chi connectivity index (χ2v) is 5.39. The van der Waals surface area contributed by atoms with Gasteiger partial charge in [0.25, 0.3) is 0 Å². The topological polar surface area (TPSA) is 17.1 Å². The summed E-state index contributed by atoms with van der Waals surface area (Å²) in [5, 5.41) is 0. The fraction of sp³-hybridized carbons (Fsp3) is 0.278. The van der Waals surface area contributed by atoms with E-state index >= 15 is 0 Å². The van der Waals surface area contributed by atoms with Gasteiger partial charge in [-0.25, -0.2) is 0 Å². The molecule has 0 spiro atoms. The molecule has 116 valence electrons. The van der Waals surface area contributed by atoms with Gasteiger partial charge in [-0.2, -0.15) is 13.2 Å². The van der Waals surface area contributed by atoms with Crippen LogP contribution in [0.2, 0.25) is 0 Å². The van der Waals surface area contributed by atoms with Gasteiger partial charge in [0.05, 0.1) is 5.56 Å². The van der Waals surface area contributed by atoms with Crippen molar-refractivity contribution < 1.29 is 18.0 Å². The van der Waals surface area contributed by atoms with Crippen molar-refractivity contribution in [1.82, 2.24) is 0 Å². The Balaban J connectivity index is 2.15. The van der Waals surface area contributed by atoms with Gasteiger partial charge in [-0.3, -0.25) is 4.79 Å². The first kappa shape index (κ1) is 16.3. The highest BCUT2D eigenvalue weighted by Gasteiger charge is 2.34. The summed E-state index contributed by atoms with van der Waals surface area (Å²) in [4.78, 5) is 12.1. The van der Waals surface area contributed by atoms with Crippen molar-refractivity contribution in [3.05, 3.63) is 70.3 Å². The van der Waals surface area contributed by atoms with Crippen LogP contribution in [0, 0.1) is 13.8 Å². The summed E-state index contributed by atoms with van der Waals surface area (Å²) in [5.74, 6) is -0.480. The molecule has 0 N–H and O–H groups in total. The maximum Gasteiger partial charge on any atom is 0.417 e. The van der Waals surface area contributed by atoms with Crippen molar-refractivity contribution in [2.75, 3.05) is 0 Å². The molecule has 0 amide bonds. The van der Waals surface area contributed by atoms with Crippen molar-refractivity contribution >= 4 is 5.78 Å². The highest BCUT2D eigenvalue weighted by Crippen LogP contribution is 2.32. The lowest BCUT2D eigenvalue weighted by atomic mass is 9.97. The summed E-state index contributed by atoms with van der Waals surface area (Å²) < 4.78 is 38.8. The molecule has 0 unspecified atom stereocenters. The Bertz CT molecular complexity index is 687. The molecule has 0 bridgehead atoms. The Kier molecular flexibility index (Phi) is 4.69. The lowest BCUT2D eigenvalue weighted by Gasteiger charge is -2.12.